The van der Waals surface area contributed by atoms with Crippen molar-refractivity contribution in [2.24, 2.45) is 5.92 Å². The molecule has 0 aliphatic carbocycles. The lowest BCUT2D eigenvalue weighted by Crippen LogP contribution is -2.25. The minimum atomic E-state index is 0.0944. The number of methoxy groups -OCH3 is 1. The predicted octanol–water partition coefficient (Wildman–Crippen LogP) is 2.12. The Bertz CT molecular complexity index is 161. The first kappa shape index (κ1) is 16.8. The zero-order valence-electron chi connectivity index (χ0n) is 11.9. The number of hydrogen-bond acceptors (Lipinski definition) is 4. The Kier molecular flexibility index (Phi) is 10.9. The molecule has 0 spiro atoms. The van der Waals surface area contributed by atoms with Gasteiger partial charge in [-0.1, -0.05) is 13.8 Å². The fourth-order valence-corrected chi connectivity index (χ4v) is 1.14. The molecule has 0 saturated heterocycles. The highest BCUT2D eigenvalue weighted by Gasteiger charge is 2.07. The van der Waals surface area contributed by atoms with Crippen molar-refractivity contribution in [2.75, 3.05) is 40.1 Å². The van der Waals surface area contributed by atoms with Gasteiger partial charge in [-0.05, 0) is 19.8 Å². The number of ether oxygens (including phenoxy) is 4. The SMILES string of the molecule is COCCOCC(C)OCC(C)OCC(C)C. The Morgan fingerprint density at radius 1 is 0.765 bits per heavy atom. The molecule has 0 N–H and O–H groups in total. The van der Waals surface area contributed by atoms with Gasteiger partial charge in [0.25, 0.3) is 0 Å². The van der Waals surface area contributed by atoms with Crippen LogP contribution in [-0.2, 0) is 18.9 Å². The van der Waals surface area contributed by atoms with Gasteiger partial charge in [-0.3, -0.25) is 0 Å². The lowest BCUT2D eigenvalue weighted by atomic mass is 10.2. The first-order valence-corrected chi connectivity index (χ1v) is 6.36. The normalized spacial score (nSPS) is 15.2. The molecule has 104 valence electrons. The summed E-state index contributed by atoms with van der Waals surface area (Å²) in [5.74, 6) is 0.562. The van der Waals surface area contributed by atoms with Gasteiger partial charge in [0.2, 0.25) is 0 Å². The number of rotatable bonds is 11. The van der Waals surface area contributed by atoms with Crippen LogP contribution in [0.3, 0.4) is 0 Å². The fourth-order valence-electron chi connectivity index (χ4n) is 1.14. The van der Waals surface area contributed by atoms with E-state index in [1.807, 2.05) is 13.8 Å². The second kappa shape index (κ2) is 11.0. The van der Waals surface area contributed by atoms with E-state index in [9.17, 15) is 0 Å². The standard InChI is InChI=1S/C13H28O4/c1-11(2)8-16-13(4)10-17-12(3)9-15-7-6-14-5/h11-13H,6-10H2,1-5H3. The quantitative estimate of drug-likeness (QED) is 0.525. The third-order valence-electron chi connectivity index (χ3n) is 2.11. The maximum atomic E-state index is 5.63. The third-order valence-corrected chi connectivity index (χ3v) is 2.11. The summed E-state index contributed by atoms with van der Waals surface area (Å²) in [5.41, 5.74) is 0. The Morgan fingerprint density at radius 3 is 1.94 bits per heavy atom. The predicted molar refractivity (Wildman–Crippen MR) is 68.4 cm³/mol. The summed E-state index contributed by atoms with van der Waals surface area (Å²) in [4.78, 5) is 0. The molecule has 4 heteroatoms. The summed E-state index contributed by atoms with van der Waals surface area (Å²) >= 11 is 0. The largest absolute Gasteiger partial charge is 0.382 e. The highest BCUT2D eigenvalue weighted by Crippen LogP contribution is 2.01. The van der Waals surface area contributed by atoms with Crippen molar-refractivity contribution in [1.82, 2.24) is 0 Å². The molecule has 0 saturated carbocycles. The van der Waals surface area contributed by atoms with Crippen LogP contribution in [0, 0.1) is 5.92 Å². The zero-order chi connectivity index (χ0) is 13.1. The summed E-state index contributed by atoms with van der Waals surface area (Å²) in [5, 5.41) is 0. The molecule has 0 radical (unpaired) electrons. The Morgan fingerprint density at radius 2 is 1.35 bits per heavy atom. The van der Waals surface area contributed by atoms with E-state index >= 15 is 0 Å². The lowest BCUT2D eigenvalue weighted by molar-refractivity contribution is -0.0646. The van der Waals surface area contributed by atoms with Crippen LogP contribution in [0.15, 0.2) is 0 Å². The molecule has 0 rings (SSSR count). The van der Waals surface area contributed by atoms with Gasteiger partial charge in [0.1, 0.15) is 0 Å². The molecule has 0 aromatic heterocycles. The van der Waals surface area contributed by atoms with Gasteiger partial charge in [-0.25, -0.2) is 0 Å². The summed E-state index contributed by atoms with van der Waals surface area (Å²) in [6, 6.07) is 0. The molecule has 0 fully saturated rings. The first-order chi connectivity index (χ1) is 8.06. The molecule has 0 amide bonds. The molecule has 17 heavy (non-hydrogen) atoms. The van der Waals surface area contributed by atoms with Crippen molar-refractivity contribution in [2.45, 2.75) is 39.9 Å². The Hall–Kier alpha value is -0.160. The van der Waals surface area contributed by atoms with E-state index in [1.165, 1.54) is 0 Å². The highest BCUT2D eigenvalue weighted by molar-refractivity contribution is 4.53. The number of hydrogen-bond donors (Lipinski definition) is 0. The van der Waals surface area contributed by atoms with Gasteiger partial charge in [0.15, 0.2) is 0 Å². The summed E-state index contributed by atoms with van der Waals surface area (Å²) < 4.78 is 21.5. The summed E-state index contributed by atoms with van der Waals surface area (Å²) in [6.45, 7) is 11.5. The maximum absolute atomic E-state index is 5.63. The lowest BCUT2D eigenvalue weighted by Gasteiger charge is -2.18. The van der Waals surface area contributed by atoms with Crippen molar-refractivity contribution >= 4 is 0 Å². The Balaban J connectivity index is 3.38. The molecule has 0 aliphatic rings. The van der Waals surface area contributed by atoms with Crippen molar-refractivity contribution in [3.8, 4) is 0 Å². The molecule has 0 aromatic rings. The van der Waals surface area contributed by atoms with Crippen molar-refractivity contribution in [3.63, 3.8) is 0 Å². The molecule has 0 aliphatic heterocycles. The van der Waals surface area contributed by atoms with Crippen LogP contribution in [0.5, 0.6) is 0 Å². The van der Waals surface area contributed by atoms with Gasteiger partial charge in [0, 0.05) is 13.7 Å². The van der Waals surface area contributed by atoms with Crippen LogP contribution in [0.2, 0.25) is 0 Å². The molecule has 2 unspecified atom stereocenters. The van der Waals surface area contributed by atoms with Crippen molar-refractivity contribution in [1.29, 1.82) is 0 Å². The Labute approximate surface area is 106 Å². The van der Waals surface area contributed by atoms with E-state index in [4.69, 9.17) is 18.9 Å². The van der Waals surface area contributed by atoms with E-state index in [1.54, 1.807) is 7.11 Å². The van der Waals surface area contributed by atoms with Crippen LogP contribution in [0.25, 0.3) is 0 Å². The van der Waals surface area contributed by atoms with Gasteiger partial charge in [0.05, 0.1) is 38.6 Å². The molecule has 2 atom stereocenters. The minimum Gasteiger partial charge on any atom is -0.382 e. The maximum Gasteiger partial charge on any atom is 0.0781 e. The van der Waals surface area contributed by atoms with Crippen molar-refractivity contribution < 1.29 is 18.9 Å². The average Bonchev–Trinajstić information content (AvgIpc) is 2.29. The average molecular weight is 248 g/mol. The topological polar surface area (TPSA) is 36.9 Å². The second-order valence-corrected chi connectivity index (χ2v) is 4.75. The molecular formula is C13H28O4. The van der Waals surface area contributed by atoms with E-state index in [0.29, 0.717) is 32.3 Å². The fraction of sp³-hybridized carbons (Fsp3) is 1.00. The highest BCUT2D eigenvalue weighted by atomic mass is 16.6. The second-order valence-electron chi connectivity index (χ2n) is 4.75. The van der Waals surface area contributed by atoms with Crippen LogP contribution in [-0.4, -0.2) is 52.4 Å². The monoisotopic (exact) mass is 248 g/mol. The first-order valence-electron chi connectivity index (χ1n) is 6.36. The minimum absolute atomic E-state index is 0.0944. The molecule has 0 aromatic carbocycles. The van der Waals surface area contributed by atoms with Crippen LogP contribution in [0.1, 0.15) is 27.7 Å². The molecule has 0 bridgehead atoms. The molecular weight excluding hydrogens is 220 g/mol. The third kappa shape index (κ3) is 12.1. The van der Waals surface area contributed by atoms with E-state index in [0.717, 1.165) is 6.61 Å². The van der Waals surface area contributed by atoms with Gasteiger partial charge in [-0.15, -0.1) is 0 Å². The van der Waals surface area contributed by atoms with Gasteiger partial charge >= 0.3 is 0 Å². The van der Waals surface area contributed by atoms with Crippen molar-refractivity contribution in [3.05, 3.63) is 0 Å². The van der Waals surface area contributed by atoms with Gasteiger partial charge < -0.3 is 18.9 Å². The summed E-state index contributed by atoms with van der Waals surface area (Å²) in [7, 11) is 1.66. The van der Waals surface area contributed by atoms with Gasteiger partial charge in [-0.2, -0.15) is 0 Å². The van der Waals surface area contributed by atoms with Crippen LogP contribution in [0.4, 0.5) is 0 Å². The van der Waals surface area contributed by atoms with Crippen LogP contribution < -0.4 is 0 Å². The van der Waals surface area contributed by atoms with E-state index in [2.05, 4.69) is 13.8 Å². The molecule has 0 heterocycles. The zero-order valence-corrected chi connectivity index (χ0v) is 11.9. The van der Waals surface area contributed by atoms with E-state index < -0.39 is 0 Å². The van der Waals surface area contributed by atoms with Crippen LogP contribution >= 0.6 is 0 Å². The summed E-state index contributed by atoms with van der Waals surface area (Å²) in [6.07, 6.45) is 0.232. The van der Waals surface area contributed by atoms with E-state index in [-0.39, 0.29) is 12.2 Å². The smallest absolute Gasteiger partial charge is 0.0781 e. The molecule has 4 nitrogen and oxygen atoms in total.